The van der Waals surface area contributed by atoms with Crippen molar-refractivity contribution in [1.82, 2.24) is 0 Å². The van der Waals surface area contributed by atoms with Gasteiger partial charge in [-0.25, -0.2) is 0 Å². The van der Waals surface area contributed by atoms with E-state index in [0.717, 1.165) is 0 Å². The molecule has 0 fully saturated rings. The number of hydrogen-bond donors (Lipinski definition) is 1. The fraction of sp³-hybridized carbons (Fsp3) is 1.00. The summed E-state index contributed by atoms with van der Waals surface area (Å²) in [6.45, 7) is 8.65. The van der Waals surface area contributed by atoms with Crippen molar-refractivity contribution in [1.29, 1.82) is 0 Å². The Balaban J connectivity index is 4.25. The van der Waals surface area contributed by atoms with Gasteiger partial charge in [0.25, 0.3) is 10.1 Å². The quantitative estimate of drug-likeness (QED) is 0.728. The normalized spacial score (nSPS) is 14.4. The van der Waals surface area contributed by atoms with Gasteiger partial charge in [0, 0.05) is 0 Å². The molecule has 0 aliphatic carbocycles. The number of rotatable bonds is 4. The Morgan fingerprint density at radius 2 is 1.57 bits per heavy atom. The van der Waals surface area contributed by atoms with Gasteiger partial charge in [0.05, 0.1) is 12.2 Å². The lowest BCUT2D eigenvalue weighted by atomic mass is 9.99. The molecule has 0 amide bonds. The zero-order valence-corrected chi connectivity index (χ0v) is 10.3. The molecule has 5 heteroatoms. The Labute approximate surface area is 86.4 Å². The van der Waals surface area contributed by atoms with Gasteiger partial charge in [-0.15, -0.1) is 0 Å². The molecule has 0 aromatic heterocycles. The largest absolute Gasteiger partial charge is 0.389 e. The van der Waals surface area contributed by atoms with Gasteiger partial charge < -0.3 is 5.11 Å². The van der Waals surface area contributed by atoms with Gasteiger partial charge in [0.1, 0.15) is 5.75 Å². The van der Waals surface area contributed by atoms with Crippen LogP contribution in [-0.2, 0) is 14.3 Å². The van der Waals surface area contributed by atoms with Gasteiger partial charge in [-0.2, -0.15) is 8.42 Å². The molecule has 0 atom stereocenters. The average Bonchev–Trinajstić information content (AvgIpc) is 1.76. The molecule has 86 valence electrons. The highest BCUT2D eigenvalue weighted by molar-refractivity contribution is 7.86. The standard InChI is InChI=1S/C9H20O4S/c1-8(2,3)6-13-14(11,12)7-9(4,5)10/h10H,6-7H2,1-5H3. The molecule has 0 saturated heterocycles. The molecule has 4 nitrogen and oxygen atoms in total. The van der Waals surface area contributed by atoms with Crippen LogP contribution in [-0.4, -0.2) is 31.5 Å². The molecule has 0 radical (unpaired) electrons. The number of hydrogen-bond acceptors (Lipinski definition) is 4. The van der Waals surface area contributed by atoms with Crippen LogP contribution in [0.3, 0.4) is 0 Å². The Kier molecular flexibility index (Phi) is 4.12. The summed E-state index contributed by atoms with van der Waals surface area (Å²) in [7, 11) is -3.62. The molecule has 0 aromatic rings. The molecule has 0 aliphatic rings. The van der Waals surface area contributed by atoms with Crippen molar-refractivity contribution in [2.45, 2.75) is 40.2 Å². The van der Waals surface area contributed by atoms with E-state index in [1.165, 1.54) is 13.8 Å². The molecular formula is C9H20O4S. The lowest BCUT2D eigenvalue weighted by Crippen LogP contribution is -2.32. The number of aliphatic hydroxyl groups is 1. The van der Waals surface area contributed by atoms with Crippen LogP contribution in [0.5, 0.6) is 0 Å². The second-order valence-corrected chi connectivity index (χ2v) is 6.98. The summed E-state index contributed by atoms with van der Waals surface area (Å²) in [5, 5.41) is 9.32. The zero-order valence-electron chi connectivity index (χ0n) is 9.49. The van der Waals surface area contributed by atoms with Crippen molar-refractivity contribution in [2.75, 3.05) is 12.4 Å². The lowest BCUT2D eigenvalue weighted by molar-refractivity contribution is 0.0994. The average molecular weight is 224 g/mol. The summed E-state index contributed by atoms with van der Waals surface area (Å²) in [5.74, 6) is -0.379. The van der Waals surface area contributed by atoms with Gasteiger partial charge in [-0.3, -0.25) is 4.18 Å². The van der Waals surface area contributed by atoms with E-state index in [4.69, 9.17) is 4.18 Å². The first-order valence-electron chi connectivity index (χ1n) is 4.51. The van der Waals surface area contributed by atoms with E-state index in [1.54, 1.807) is 0 Å². The van der Waals surface area contributed by atoms with Crippen molar-refractivity contribution >= 4 is 10.1 Å². The third-order valence-electron chi connectivity index (χ3n) is 1.20. The fourth-order valence-corrected chi connectivity index (χ4v) is 2.22. The highest BCUT2D eigenvalue weighted by Crippen LogP contribution is 2.16. The monoisotopic (exact) mass is 224 g/mol. The molecule has 0 unspecified atom stereocenters. The maximum absolute atomic E-state index is 11.3. The summed E-state index contributed by atoms with van der Waals surface area (Å²) in [6, 6.07) is 0. The van der Waals surface area contributed by atoms with Crippen molar-refractivity contribution in [3.63, 3.8) is 0 Å². The molecule has 1 N–H and O–H groups in total. The maximum Gasteiger partial charge on any atom is 0.270 e. The minimum Gasteiger partial charge on any atom is -0.389 e. The molecule has 0 saturated carbocycles. The Morgan fingerprint density at radius 3 is 1.86 bits per heavy atom. The second-order valence-electron chi connectivity index (χ2n) is 5.34. The van der Waals surface area contributed by atoms with Crippen molar-refractivity contribution < 1.29 is 17.7 Å². The van der Waals surface area contributed by atoms with E-state index < -0.39 is 15.7 Å². The molecular weight excluding hydrogens is 204 g/mol. The van der Waals surface area contributed by atoms with Gasteiger partial charge in [-0.1, -0.05) is 20.8 Å². The summed E-state index contributed by atoms with van der Waals surface area (Å²) in [6.07, 6.45) is 0. The van der Waals surface area contributed by atoms with Crippen molar-refractivity contribution in [3.8, 4) is 0 Å². The van der Waals surface area contributed by atoms with Gasteiger partial charge in [0.2, 0.25) is 0 Å². The minimum absolute atomic E-state index is 0.130. The maximum atomic E-state index is 11.3. The molecule has 0 bridgehead atoms. The predicted molar refractivity (Wildman–Crippen MR) is 55.5 cm³/mol. The fourth-order valence-electron chi connectivity index (χ4n) is 0.741. The zero-order chi connectivity index (χ0) is 11.6. The van der Waals surface area contributed by atoms with Crippen LogP contribution in [0.25, 0.3) is 0 Å². The smallest absolute Gasteiger partial charge is 0.270 e. The Bertz CT molecular complexity index is 266. The van der Waals surface area contributed by atoms with Gasteiger partial charge in [-0.05, 0) is 19.3 Å². The van der Waals surface area contributed by atoms with Crippen LogP contribution in [0, 0.1) is 5.41 Å². The third kappa shape index (κ3) is 8.47. The second kappa shape index (κ2) is 4.16. The summed E-state index contributed by atoms with van der Waals surface area (Å²) < 4.78 is 27.4. The first-order chi connectivity index (χ1) is 5.91. The van der Waals surface area contributed by atoms with Gasteiger partial charge >= 0.3 is 0 Å². The van der Waals surface area contributed by atoms with E-state index in [0.29, 0.717) is 0 Å². The SMILES string of the molecule is CC(C)(C)COS(=O)(=O)CC(C)(C)O. The van der Waals surface area contributed by atoms with Crippen LogP contribution >= 0.6 is 0 Å². The molecule has 0 spiro atoms. The van der Waals surface area contributed by atoms with Crippen LogP contribution in [0.4, 0.5) is 0 Å². The molecule has 0 heterocycles. The van der Waals surface area contributed by atoms with Gasteiger partial charge in [0.15, 0.2) is 0 Å². The lowest BCUT2D eigenvalue weighted by Gasteiger charge is -2.20. The van der Waals surface area contributed by atoms with E-state index in [2.05, 4.69) is 0 Å². The first-order valence-corrected chi connectivity index (χ1v) is 6.09. The molecule has 14 heavy (non-hydrogen) atoms. The van der Waals surface area contributed by atoms with E-state index in [-0.39, 0.29) is 17.8 Å². The molecule has 0 rings (SSSR count). The summed E-state index contributed by atoms with van der Waals surface area (Å²) in [5.41, 5.74) is -1.45. The predicted octanol–water partition coefficient (Wildman–Crippen LogP) is 1.15. The minimum atomic E-state index is -3.62. The Hall–Kier alpha value is -0.130. The first kappa shape index (κ1) is 13.9. The van der Waals surface area contributed by atoms with Crippen LogP contribution in [0.15, 0.2) is 0 Å². The van der Waals surface area contributed by atoms with E-state index >= 15 is 0 Å². The molecule has 0 aliphatic heterocycles. The third-order valence-corrected chi connectivity index (χ3v) is 2.74. The highest BCUT2D eigenvalue weighted by atomic mass is 32.2. The van der Waals surface area contributed by atoms with Crippen LogP contribution < -0.4 is 0 Å². The van der Waals surface area contributed by atoms with Crippen molar-refractivity contribution in [3.05, 3.63) is 0 Å². The molecule has 0 aromatic carbocycles. The van der Waals surface area contributed by atoms with E-state index in [1.807, 2.05) is 20.8 Å². The summed E-state index contributed by atoms with van der Waals surface area (Å²) >= 11 is 0. The van der Waals surface area contributed by atoms with Crippen LogP contribution in [0.1, 0.15) is 34.6 Å². The Morgan fingerprint density at radius 1 is 1.14 bits per heavy atom. The van der Waals surface area contributed by atoms with Crippen molar-refractivity contribution in [2.24, 2.45) is 5.41 Å². The van der Waals surface area contributed by atoms with E-state index in [9.17, 15) is 13.5 Å². The van der Waals surface area contributed by atoms with Crippen LogP contribution in [0.2, 0.25) is 0 Å². The summed E-state index contributed by atoms with van der Waals surface area (Å²) in [4.78, 5) is 0. The highest BCUT2D eigenvalue weighted by Gasteiger charge is 2.25. The topological polar surface area (TPSA) is 63.6 Å².